The number of ether oxygens (including phenoxy) is 1. The number of benzene rings is 1. The minimum Gasteiger partial charge on any atom is -0.496 e. The lowest BCUT2D eigenvalue weighted by molar-refractivity contribution is -0.384. The van der Waals surface area contributed by atoms with Gasteiger partial charge in [0.05, 0.1) is 24.2 Å². The average Bonchev–Trinajstić information content (AvgIpc) is 2.17. The molecule has 5 heteroatoms. The molecular formula is C10H13NO4. The van der Waals surface area contributed by atoms with Gasteiger partial charge in [-0.05, 0) is 18.6 Å². The third-order valence-electron chi connectivity index (χ3n) is 2.00. The summed E-state index contributed by atoms with van der Waals surface area (Å²) < 4.78 is 5.02. The van der Waals surface area contributed by atoms with Crippen LogP contribution in [0.15, 0.2) is 18.2 Å². The summed E-state index contributed by atoms with van der Waals surface area (Å²) in [5.74, 6) is 0.435. The third kappa shape index (κ3) is 2.92. The van der Waals surface area contributed by atoms with Gasteiger partial charge in [0.25, 0.3) is 5.69 Å². The molecule has 0 fully saturated rings. The second-order valence-corrected chi connectivity index (χ2v) is 3.31. The summed E-state index contributed by atoms with van der Waals surface area (Å²) in [6.45, 7) is 1.65. The highest BCUT2D eigenvalue weighted by Gasteiger charge is 2.12. The van der Waals surface area contributed by atoms with Crippen molar-refractivity contribution < 1.29 is 14.8 Å². The van der Waals surface area contributed by atoms with Gasteiger partial charge in [-0.3, -0.25) is 10.1 Å². The Labute approximate surface area is 87.5 Å². The molecule has 1 aromatic rings. The highest BCUT2D eigenvalue weighted by molar-refractivity contribution is 5.44. The van der Waals surface area contributed by atoms with E-state index < -0.39 is 11.0 Å². The highest BCUT2D eigenvalue weighted by atomic mass is 16.6. The van der Waals surface area contributed by atoms with Gasteiger partial charge in [0, 0.05) is 12.5 Å². The Hall–Kier alpha value is -1.62. The second-order valence-electron chi connectivity index (χ2n) is 3.31. The van der Waals surface area contributed by atoms with Gasteiger partial charge < -0.3 is 9.84 Å². The van der Waals surface area contributed by atoms with Gasteiger partial charge in [0.15, 0.2) is 0 Å². The van der Waals surface area contributed by atoms with Crippen molar-refractivity contribution in [3.05, 3.63) is 33.9 Å². The Morgan fingerprint density at radius 2 is 2.27 bits per heavy atom. The van der Waals surface area contributed by atoms with Crippen LogP contribution in [0.5, 0.6) is 5.75 Å². The first-order chi connectivity index (χ1) is 7.04. The van der Waals surface area contributed by atoms with Crippen molar-refractivity contribution in [2.45, 2.75) is 19.4 Å². The van der Waals surface area contributed by atoms with Crippen LogP contribution in [-0.2, 0) is 6.42 Å². The lowest BCUT2D eigenvalue weighted by atomic mass is 10.1. The van der Waals surface area contributed by atoms with Gasteiger partial charge in [-0.2, -0.15) is 0 Å². The lowest BCUT2D eigenvalue weighted by Crippen LogP contribution is -2.06. The van der Waals surface area contributed by atoms with Crippen molar-refractivity contribution in [2.75, 3.05) is 7.11 Å². The van der Waals surface area contributed by atoms with E-state index in [1.165, 1.54) is 19.2 Å². The Morgan fingerprint density at radius 1 is 1.60 bits per heavy atom. The molecule has 0 unspecified atom stereocenters. The molecule has 0 aliphatic carbocycles. The molecule has 0 saturated carbocycles. The Balaban J connectivity index is 3.03. The number of methoxy groups -OCH3 is 1. The number of rotatable bonds is 4. The number of non-ortho nitro benzene ring substituents is 1. The summed E-state index contributed by atoms with van der Waals surface area (Å²) in [7, 11) is 1.45. The molecule has 0 bridgehead atoms. The van der Waals surface area contributed by atoms with Gasteiger partial charge in [-0.15, -0.1) is 0 Å². The number of aliphatic hydroxyl groups excluding tert-OH is 1. The fourth-order valence-corrected chi connectivity index (χ4v) is 1.33. The van der Waals surface area contributed by atoms with Crippen molar-refractivity contribution in [2.24, 2.45) is 0 Å². The van der Waals surface area contributed by atoms with E-state index in [0.717, 1.165) is 5.56 Å². The molecule has 1 aromatic carbocycles. The van der Waals surface area contributed by atoms with Gasteiger partial charge in [0.2, 0.25) is 0 Å². The number of aliphatic hydroxyl groups is 1. The van der Waals surface area contributed by atoms with Crippen LogP contribution in [-0.4, -0.2) is 23.2 Å². The molecule has 1 atom stereocenters. The smallest absolute Gasteiger partial charge is 0.273 e. The van der Waals surface area contributed by atoms with Crippen molar-refractivity contribution >= 4 is 5.69 Å². The number of nitro benzene ring substituents is 1. The quantitative estimate of drug-likeness (QED) is 0.605. The van der Waals surface area contributed by atoms with Crippen molar-refractivity contribution in [1.82, 2.24) is 0 Å². The molecule has 1 rings (SSSR count). The molecule has 0 heterocycles. The van der Waals surface area contributed by atoms with E-state index in [-0.39, 0.29) is 5.69 Å². The average molecular weight is 211 g/mol. The van der Waals surface area contributed by atoms with Gasteiger partial charge in [0.1, 0.15) is 5.75 Å². The van der Waals surface area contributed by atoms with E-state index >= 15 is 0 Å². The highest BCUT2D eigenvalue weighted by Crippen LogP contribution is 2.25. The predicted octanol–water partition coefficient (Wildman–Crippen LogP) is 1.53. The Morgan fingerprint density at radius 3 is 2.73 bits per heavy atom. The van der Waals surface area contributed by atoms with E-state index in [2.05, 4.69) is 0 Å². The first-order valence-corrected chi connectivity index (χ1v) is 4.54. The summed E-state index contributed by atoms with van der Waals surface area (Å²) >= 11 is 0. The fourth-order valence-electron chi connectivity index (χ4n) is 1.33. The maximum absolute atomic E-state index is 10.5. The van der Waals surface area contributed by atoms with Crippen molar-refractivity contribution in [1.29, 1.82) is 0 Å². The van der Waals surface area contributed by atoms with Gasteiger partial charge >= 0.3 is 0 Å². The summed E-state index contributed by atoms with van der Waals surface area (Å²) in [4.78, 5) is 10.0. The number of hydrogen-bond acceptors (Lipinski definition) is 4. The predicted molar refractivity (Wildman–Crippen MR) is 55.0 cm³/mol. The lowest BCUT2D eigenvalue weighted by Gasteiger charge is -2.09. The SMILES string of the molecule is COc1cc([N+](=O)[O-])ccc1C[C@H](C)O. The third-order valence-corrected chi connectivity index (χ3v) is 2.00. The standard InChI is InChI=1S/C10H13NO4/c1-7(12)5-8-3-4-9(11(13)14)6-10(8)15-2/h3-4,6-7,12H,5H2,1-2H3/t7-/m0/s1. The summed E-state index contributed by atoms with van der Waals surface area (Å²) in [5.41, 5.74) is 0.749. The monoisotopic (exact) mass is 211 g/mol. The molecule has 82 valence electrons. The number of nitro groups is 1. The van der Waals surface area contributed by atoms with E-state index in [1.807, 2.05) is 0 Å². The molecule has 0 radical (unpaired) electrons. The van der Waals surface area contributed by atoms with Crippen LogP contribution in [0.2, 0.25) is 0 Å². The Bertz CT molecular complexity index is 362. The molecule has 0 amide bonds. The first-order valence-electron chi connectivity index (χ1n) is 4.54. The molecule has 0 aliphatic rings. The van der Waals surface area contributed by atoms with Crippen LogP contribution in [0.4, 0.5) is 5.69 Å². The Kier molecular flexibility index (Phi) is 3.62. The van der Waals surface area contributed by atoms with Crippen LogP contribution >= 0.6 is 0 Å². The zero-order valence-electron chi connectivity index (χ0n) is 8.64. The maximum Gasteiger partial charge on any atom is 0.273 e. The van der Waals surface area contributed by atoms with Gasteiger partial charge in [-0.1, -0.05) is 0 Å². The molecular weight excluding hydrogens is 198 g/mol. The molecule has 0 saturated heterocycles. The molecule has 0 spiro atoms. The van der Waals surface area contributed by atoms with E-state index in [0.29, 0.717) is 12.2 Å². The van der Waals surface area contributed by atoms with E-state index in [1.54, 1.807) is 13.0 Å². The van der Waals surface area contributed by atoms with E-state index in [9.17, 15) is 15.2 Å². The molecule has 1 N–H and O–H groups in total. The van der Waals surface area contributed by atoms with Crippen LogP contribution in [0.3, 0.4) is 0 Å². The van der Waals surface area contributed by atoms with Crippen LogP contribution < -0.4 is 4.74 Å². The minimum absolute atomic E-state index is 0.0128. The number of nitrogens with zero attached hydrogens (tertiary/aromatic N) is 1. The van der Waals surface area contributed by atoms with Crippen molar-refractivity contribution in [3.8, 4) is 5.75 Å². The van der Waals surface area contributed by atoms with Crippen molar-refractivity contribution in [3.63, 3.8) is 0 Å². The van der Waals surface area contributed by atoms with Crippen LogP contribution in [0.1, 0.15) is 12.5 Å². The molecule has 15 heavy (non-hydrogen) atoms. The second kappa shape index (κ2) is 4.75. The summed E-state index contributed by atoms with van der Waals surface area (Å²) in [5, 5.41) is 19.7. The molecule has 0 aromatic heterocycles. The van der Waals surface area contributed by atoms with Crippen LogP contribution in [0.25, 0.3) is 0 Å². The largest absolute Gasteiger partial charge is 0.496 e. The molecule has 5 nitrogen and oxygen atoms in total. The summed E-state index contributed by atoms with van der Waals surface area (Å²) in [6, 6.07) is 4.36. The molecule has 0 aliphatic heterocycles. The zero-order valence-corrected chi connectivity index (χ0v) is 8.64. The van der Waals surface area contributed by atoms with Crippen LogP contribution in [0, 0.1) is 10.1 Å². The maximum atomic E-state index is 10.5. The topological polar surface area (TPSA) is 72.6 Å². The van der Waals surface area contributed by atoms with E-state index in [4.69, 9.17) is 4.74 Å². The fraction of sp³-hybridized carbons (Fsp3) is 0.400. The minimum atomic E-state index is -0.500. The normalized spacial score (nSPS) is 12.2. The number of hydrogen-bond donors (Lipinski definition) is 1. The van der Waals surface area contributed by atoms with Gasteiger partial charge in [-0.25, -0.2) is 0 Å². The zero-order chi connectivity index (χ0) is 11.4. The summed E-state index contributed by atoms with van der Waals surface area (Å²) in [6.07, 6.45) is -0.0818. The first kappa shape index (κ1) is 11.5.